The van der Waals surface area contributed by atoms with E-state index < -0.39 is 0 Å². The summed E-state index contributed by atoms with van der Waals surface area (Å²) in [4.78, 5) is 16.8. The molecular formula is C16H21Cl2N3OS. The highest BCUT2D eigenvalue weighted by atomic mass is 35.5. The molecule has 3 rings (SSSR count). The van der Waals surface area contributed by atoms with Gasteiger partial charge in [0, 0.05) is 17.5 Å². The second kappa shape index (κ2) is 8.64. The van der Waals surface area contributed by atoms with Crippen molar-refractivity contribution in [3.63, 3.8) is 0 Å². The first-order chi connectivity index (χ1) is 10.2. The Bertz CT molecular complexity index is 627. The zero-order chi connectivity index (χ0) is 14.7. The van der Waals surface area contributed by atoms with Crippen LogP contribution in [0.3, 0.4) is 0 Å². The van der Waals surface area contributed by atoms with Gasteiger partial charge >= 0.3 is 0 Å². The maximum absolute atomic E-state index is 12.4. The van der Waals surface area contributed by atoms with E-state index in [1.165, 1.54) is 11.3 Å². The Morgan fingerprint density at radius 1 is 1.22 bits per heavy atom. The van der Waals surface area contributed by atoms with Crippen molar-refractivity contribution in [2.75, 3.05) is 6.54 Å². The van der Waals surface area contributed by atoms with Gasteiger partial charge in [0.15, 0.2) is 0 Å². The van der Waals surface area contributed by atoms with Gasteiger partial charge in [0.25, 0.3) is 5.91 Å². The minimum atomic E-state index is -0.229. The lowest BCUT2D eigenvalue weighted by molar-refractivity contribution is 0.0898. The molecule has 0 aliphatic heterocycles. The molecule has 1 aliphatic rings. The molecule has 0 bridgehead atoms. The number of benzene rings is 1. The lowest BCUT2D eigenvalue weighted by atomic mass is 9.98. The van der Waals surface area contributed by atoms with Crippen LogP contribution in [0.25, 0.3) is 10.6 Å². The molecule has 1 aromatic carbocycles. The van der Waals surface area contributed by atoms with Crippen LogP contribution in [0, 0.1) is 0 Å². The van der Waals surface area contributed by atoms with Crippen LogP contribution < -0.4 is 11.1 Å². The molecule has 1 heterocycles. The number of carbonyl (C=O) groups excluding carboxylic acids is 1. The average Bonchev–Trinajstić information content (AvgIpc) is 3.18. The second-order valence-corrected chi connectivity index (χ2v) is 6.41. The Kier molecular flexibility index (Phi) is 7.48. The van der Waals surface area contributed by atoms with Crippen LogP contribution in [-0.4, -0.2) is 23.0 Å². The van der Waals surface area contributed by atoms with E-state index >= 15 is 0 Å². The molecule has 1 saturated carbocycles. The largest absolute Gasteiger partial charge is 0.344 e. The fourth-order valence-electron chi connectivity index (χ4n) is 2.83. The highest BCUT2D eigenvalue weighted by Gasteiger charge is 2.34. The van der Waals surface area contributed by atoms with Gasteiger partial charge in [-0.25, -0.2) is 4.98 Å². The molecule has 0 spiro atoms. The molecule has 1 aliphatic carbocycles. The maximum Gasteiger partial charge on any atom is 0.271 e. The monoisotopic (exact) mass is 373 g/mol. The summed E-state index contributed by atoms with van der Waals surface area (Å²) in [6.45, 7) is 0.494. The summed E-state index contributed by atoms with van der Waals surface area (Å²) in [5.74, 6) is -0.110. The number of hydrogen-bond donors (Lipinski definition) is 2. The van der Waals surface area contributed by atoms with Crippen LogP contribution in [-0.2, 0) is 0 Å². The molecule has 1 amide bonds. The lowest BCUT2D eigenvalue weighted by Crippen LogP contribution is -2.51. The van der Waals surface area contributed by atoms with Crippen LogP contribution in [0.5, 0.6) is 0 Å². The second-order valence-electron chi connectivity index (χ2n) is 5.55. The summed E-state index contributed by atoms with van der Waals surface area (Å²) in [6, 6.07) is 9.91. The van der Waals surface area contributed by atoms with Gasteiger partial charge in [-0.15, -0.1) is 36.2 Å². The molecule has 126 valence electrons. The van der Waals surface area contributed by atoms with Gasteiger partial charge in [-0.05, 0) is 12.8 Å². The van der Waals surface area contributed by atoms with Crippen LogP contribution >= 0.6 is 36.2 Å². The van der Waals surface area contributed by atoms with E-state index in [1.807, 2.05) is 35.7 Å². The minimum absolute atomic E-state index is 0. The number of nitrogens with one attached hydrogen (secondary N) is 1. The van der Waals surface area contributed by atoms with Gasteiger partial charge < -0.3 is 11.1 Å². The normalized spacial score (nSPS) is 15.3. The van der Waals surface area contributed by atoms with Gasteiger partial charge in [0.1, 0.15) is 10.7 Å². The molecule has 4 nitrogen and oxygen atoms in total. The molecule has 0 saturated heterocycles. The van der Waals surface area contributed by atoms with Gasteiger partial charge in [-0.1, -0.05) is 43.2 Å². The van der Waals surface area contributed by atoms with Gasteiger partial charge in [0.2, 0.25) is 0 Å². The van der Waals surface area contributed by atoms with Crippen molar-refractivity contribution in [3.05, 3.63) is 41.4 Å². The molecule has 7 heteroatoms. The van der Waals surface area contributed by atoms with E-state index in [1.54, 1.807) is 0 Å². The third kappa shape index (κ3) is 4.44. The third-order valence-corrected chi connectivity index (χ3v) is 4.98. The highest BCUT2D eigenvalue weighted by molar-refractivity contribution is 7.13. The van der Waals surface area contributed by atoms with E-state index in [9.17, 15) is 4.79 Å². The first-order valence-electron chi connectivity index (χ1n) is 7.26. The number of nitrogens with zero attached hydrogens (tertiary/aromatic N) is 1. The number of aromatic nitrogens is 1. The van der Waals surface area contributed by atoms with E-state index in [2.05, 4.69) is 10.3 Å². The number of hydrogen-bond acceptors (Lipinski definition) is 4. The molecule has 0 atom stereocenters. The molecule has 0 unspecified atom stereocenters. The Hall–Kier alpha value is -1.14. The van der Waals surface area contributed by atoms with Gasteiger partial charge in [-0.3, -0.25) is 4.79 Å². The molecule has 23 heavy (non-hydrogen) atoms. The van der Waals surface area contributed by atoms with E-state index in [0.717, 1.165) is 36.3 Å². The van der Waals surface area contributed by atoms with Gasteiger partial charge in [0.05, 0.1) is 5.54 Å². The first kappa shape index (κ1) is 19.9. The van der Waals surface area contributed by atoms with E-state index in [-0.39, 0.29) is 36.3 Å². The van der Waals surface area contributed by atoms with Crippen molar-refractivity contribution in [3.8, 4) is 10.6 Å². The number of halogens is 2. The van der Waals surface area contributed by atoms with Crippen molar-refractivity contribution in [2.45, 2.75) is 31.2 Å². The average molecular weight is 374 g/mol. The van der Waals surface area contributed by atoms with Crippen molar-refractivity contribution < 1.29 is 4.79 Å². The molecule has 1 fully saturated rings. The number of carbonyl (C=O) groups is 1. The summed E-state index contributed by atoms with van der Waals surface area (Å²) in [5.41, 5.74) is 7.15. The Morgan fingerprint density at radius 3 is 2.48 bits per heavy atom. The number of nitrogens with two attached hydrogens (primary N) is 1. The van der Waals surface area contributed by atoms with Crippen LogP contribution in [0.4, 0.5) is 0 Å². The Morgan fingerprint density at radius 2 is 1.87 bits per heavy atom. The smallest absolute Gasteiger partial charge is 0.271 e. The fraction of sp³-hybridized carbons (Fsp3) is 0.375. The summed E-state index contributed by atoms with van der Waals surface area (Å²) in [6.07, 6.45) is 4.18. The van der Waals surface area contributed by atoms with Crippen molar-refractivity contribution in [1.29, 1.82) is 0 Å². The summed E-state index contributed by atoms with van der Waals surface area (Å²) >= 11 is 1.49. The van der Waals surface area contributed by atoms with Crippen LogP contribution in [0.15, 0.2) is 35.7 Å². The van der Waals surface area contributed by atoms with Crippen LogP contribution in [0.2, 0.25) is 0 Å². The van der Waals surface area contributed by atoms with E-state index in [4.69, 9.17) is 5.73 Å². The van der Waals surface area contributed by atoms with Gasteiger partial charge in [-0.2, -0.15) is 0 Å². The van der Waals surface area contributed by atoms with Crippen molar-refractivity contribution in [1.82, 2.24) is 10.3 Å². The Balaban J connectivity index is 0.00000132. The SMILES string of the molecule is Cl.Cl.NCC1(NC(=O)c2csc(-c3ccccc3)n2)CCCC1. The number of rotatable bonds is 4. The predicted octanol–water partition coefficient (Wildman–Crippen LogP) is 3.66. The quantitative estimate of drug-likeness (QED) is 0.858. The highest BCUT2D eigenvalue weighted by Crippen LogP contribution is 2.29. The minimum Gasteiger partial charge on any atom is -0.344 e. The zero-order valence-electron chi connectivity index (χ0n) is 12.7. The first-order valence-corrected chi connectivity index (χ1v) is 8.14. The molecule has 3 N–H and O–H groups in total. The molecule has 0 radical (unpaired) electrons. The lowest BCUT2D eigenvalue weighted by Gasteiger charge is -2.28. The maximum atomic E-state index is 12.4. The third-order valence-electron chi connectivity index (χ3n) is 4.09. The molecular weight excluding hydrogens is 353 g/mol. The van der Waals surface area contributed by atoms with E-state index in [0.29, 0.717) is 12.2 Å². The van der Waals surface area contributed by atoms with Crippen molar-refractivity contribution in [2.24, 2.45) is 5.73 Å². The predicted molar refractivity (Wildman–Crippen MR) is 99.8 cm³/mol. The fourth-order valence-corrected chi connectivity index (χ4v) is 3.63. The van der Waals surface area contributed by atoms with Crippen LogP contribution in [0.1, 0.15) is 36.2 Å². The molecule has 1 aromatic heterocycles. The topological polar surface area (TPSA) is 68.0 Å². The number of amides is 1. The summed E-state index contributed by atoms with van der Waals surface area (Å²) in [5, 5.41) is 5.79. The molecule has 2 aromatic rings. The Labute approximate surface area is 152 Å². The number of thiazole rings is 1. The summed E-state index contributed by atoms with van der Waals surface area (Å²) < 4.78 is 0. The van der Waals surface area contributed by atoms with Crippen molar-refractivity contribution >= 4 is 42.1 Å². The zero-order valence-corrected chi connectivity index (χ0v) is 15.1. The summed E-state index contributed by atoms with van der Waals surface area (Å²) in [7, 11) is 0. The standard InChI is InChI=1S/C16H19N3OS.2ClH/c17-11-16(8-4-5-9-16)19-14(20)13-10-21-15(18-13)12-6-2-1-3-7-12;;/h1-3,6-7,10H,4-5,8-9,11,17H2,(H,19,20);2*1H.